The molecule has 3 heterocycles. The molecule has 1 aromatic heterocycles. The molecule has 2 saturated heterocycles. The maximum atomic E-state index is 12.9. The van der Waals surface area contributed by atoms with Gasteiger partial charge in [0, 0.05) is 25.8 Å². The smallest absolute Gasteiger partial charge is 0.319 e. The van der Waals surface area contributed by atoms with Crippen LogP contribution in [0.5, 0.6) is 0 Å². The fraction of sp³-hybridized carbons (Fsp3) is 0.600. The number of carbonyl (C=O) groups is 2. The van der Waals surface area contributed by atoms with Crippen LogP contribution in [-0.2, 0) is 4.79 Å². The first kappa shape index (κ1) is 15.9. The summed E-state index contributed by atoms with van der Waals surface area (Å²) in [6.07, 6.45) is 1.79. The second-order valence-corrected chi connectivity index (χ2v) is 6.13. The zero-order valence-electron chi connectivity index (χ0n) is 12.5. The maximum Gasteiger partial charge on any atom is 0.319 e. The van der Waals surface area contributed by atoms with E-state index in [-0.39, 0.29) is 31.1 Å². The lowest BCUT2D eigenvalue weighted by molar-refractivity contribution is -0.147. The van der Waals surface area contributed by atoms with Crippen molar-refractivity contribution in [3.63, 3.8) is 0 Å². The SMILES string of the molecule is O=C(c1cccn1C(F)F)N1CC[C@H](O)[C@@]2(CCCNC2=O)C1. The fourth-order valence-electron chi connectivity index (χ4n) is 3.52. The van der Waals surface area contributed by atoms with Crippen molar-refractivity contribution in [2.45, 2.75) is 31.9 Å². The van der Waals surface area contributed by atoms with Crippen molar-refractivity contribution in [1.82, 2.24) is 14.8 Å². The minimum absolute atomic E-state index is 0.0489. The number of amides is 2. The molecule has 0 unspecified atom stereocenters. The molecule has 2 atom stereocenters. The van der Waals surface area contributed by atoms with Crippen molar-refractivity contribution < 1.29 is 23.5 Å². The molecule has 2 aliphatic heterocycles. The zero-order chi connectivity index (χ0) is 16.6. The third kappa shape index (κ3) is 2.60. The predicted molar refractivity (Wildman–Crippen MR) is 76.9 cm³/mol. The molecule has 126 valence electrons. The highest BCUT2D eigenvalue weighted by Crippen LogP contribution is 2.37. The third-order valence-corrected chi connectivity index (χ3v) is 4.82. The van der Waals surface area contributed by atoms with Crippen LogP contribution >= 0.6 is 0 Å². The molecule has 0 saturated carbocycles. The van der Waals surface area contributed by atoms with Crippen molar-refractivity contribution in [3.05, 3.63) is 24.0 Å². The highest BCUT2D eigenvalue weighted by atomic mass is 19.3. The number of nitrogens with zero attached hydrogens (tertiary/aromatic N) is 2. The summed E-state index contributed by atoms with van der Waals surface area (Å²) in [6, 6.07) is 2.73. The van der Waals surface area contributed by atoms with Crippen LogP contribution in [-0.4, -0.2) is 52.1 Å². The van der Waals surface area contributed by atoms with E-state index in [2.05, 4.69) is 5.32 Å². The summed E-state index contributed by atoms with van der Waals surface area (Å²) in [5, 5.41) is 13.0. The summed E-state index contributed by atoms with van der Waals surface area (Å²) in [7, 11) is 0. The molecule has 2 amide bonds. The summed E-state index contributed by atoms with van der Waals surface area (Å²) >= 11 is 0. The second kappa shape index (κ2) is 5.92. The molecule has 1 aromatic rings. The quantitative estimate of drug-likeness (QED) is 0.850. The molecule has 1 spiro atoms. The van der Waals surface area contributed by atoms with Gasteiger partial charge in [-0.3, -0.25) is 14.2 Å². The minimum Gasteiger partial charge on any atom is -0.392 e. The summed E-state index contributed by atoms with van der Waals surface area (Å²) in [5.74, 6) is -0.807. The van der Waals surface area contributed by atoms with Gasteiger partial charge in [0.2, 0.25) is 5.91 Å². The Morgan fingerprint density at radius 1 is 1.48 bits per heavy atom. The Morgan fingerprint density at radius 3 is 2.96 bits per heavy atom. The average Bonchev–Trinajstić information content (AvgIpc) is 3.02. The number of rotatable bonds is 2. The molecule has 23 heavy (non-hydrogen) atoms. The Kier molecular flexibility index (Phi) is 4.09. The number of nitrogens with one attached hydrogen (secondary N) is 1. The van der Waals surface area contributed by atoms with E-state index in [0.717, 1.165) is 12.6 Å². The number of piperidine rings is 2. The number of halogens is 2. The predicted octanol–water partition coefficient (Wildman–Crippen LogP) is 0.986. The molecule has 8 heteroatoms. The number of likely N-dealkylation sites (tertiary alicyclic amines) is 1. The Bertz CT molecular complexity index is 619. The number of alkyl halides is 2. The van der Waals surface area contributed by atoms with Crippen molar-refractivity contribution in [1.29, 1.82) is 0 Å². The standard InChI is InChI=1S/C15H19F2N3O3/c16-14(17)20-7-1-3-10(20)12(22)19-8-4-11(21)15(9-19)5-2-6-18-13(15)23/h1,3,7,11,14,21H,2,4-6,8-9H2,(H,18,23)/t11-,15+/m0/s1. The molecule has 3 rings (SSSR count). The van der Waals surface area contributed by atoms with Crippen molar-refractivity contribution in [3.8, 4) is 0 Å². The molecule has 6 nitrogen and oxygen atoms in total. The molecule has 0 aliphatic carbocycles. The number of aromatic nitrogens is 1. The van der Waals surface area contributed by atoms with Crippen LogP contribution in [0.15, 0.2) is 18.3 Å². The largest absolute Gasteiger partial charge is 0.392 e. The highest BCUT2D eigenvalue weighted by molar-refractivity contribution is 5.94. The van der Waals surface area contributed by atoms with E-state index < -0.39 is 24.0 Å². The van der Waals surface area contributed by atoms with E-state index >= 15 is 0 Å². The second-order valence-electron chi connectivity index (χ2n) is 6.13. The number of aliphatic hydroxyl groups excluding tert-OH is 1. The van der Waals surface area contributed by atoms with Gasteiger partial charge < -0.3 is 15.3 Å². The Hall–Kier alpha value is -1.96. The lowest BCUT2D eigenvalue weighted by Crippen LogP contribution is -2.62. The summed E-state index contributed by atoms with van der Waals surface area (Å²) in [4.78, 5) is 26.3. The normalized spacial score (nSPS) is 28.3. The van der Waals surface area contributed by atoms with Crippen molar-refractivity contribution in [2.24, 2.45) is 5.41 Å². The number of hydrogen-bond acceptors (Lipinski definition) is 3. The van der Waals surface area contributed by atoms with Gasteiger partial charge in [-0.2, -0.15) is 8.78 Å². The molecule has 2 N–H and O–H groups in total. The fourth-order valence-corrected chi connectivity index (χ4v) is 3.52. The van der Waals surface area contributed by atoms with Gasteiger partial charge in [0.05, 0.1) is 11.5 Å². The van der Waals surface area contributed by atoms with Crippen LogP contribution < -0.4 is 5.32 Å². The molecule has 2 aliphatic rings. The lowest BCUT2D eigenvalue weighted by Gasteiger charge is -2.46. The summed E-state index contributed by atoms with van der Waals surface area (Å²) < 4.78 is 26.5. The van der Waals surface area contributed by atoms with E-state index in [1.54, 1.807) is 0 Å². The van der Waals surface area contributed by atoms with Gasteiger partial charge >= 0.3 is 6.55 Å². The van der Waals surface area contributed by atoms with Crippen molar-refractivity contribution in [2.75, 3.05) is 19.6 Å². The summed E-state index contributed by atoms with van der Waals surface area (Å²) in [5.41, 5.74) is -1.14. The number of carbonyl (C=O) groups excluding carboxylic acids is 2. The first-order valence-corrected chi connectivity index (χ1v) is 7.66. The van der Waals surface area contributed by atoms with E-state index in [0.29, 0.717) is 17.5 Å². The van der Waals surface area contributed by atoms with E-state index in [1.165, 1.54) is 17.0 Å². The van der Waals surface area contributed by atoms with Crippen LogP contribution in [0.2, 0.25) is 0 Å². The van der Waals surface area contributed by atoms with Gasteiger partial charge in [-0.15, -0.1) is 0 Å². The molecule has 2 fully saturated rings. The van der Waals surface area contributed by atoms with E-state index in [1.807, 2.05) is 0 Å². The molecule has 0 aromatic carbocycles. The van der Waals surface area contributed by atoms with Gasteiger partial charge in [-0.1, -0.05) is 0 Å². The molecular formula is C15H19F2N3O3. The monoisotopic (exact) mass is 327 g/mol. The molecule has 0 radical (unpaired) electrons. The van der Waals surface area contributed by atoms with Crippen molar-refractivity contribution >= 4 is 11.8 Å². The topological polar surface area (TPSA) is 74.6 Å². The average molecular weight is 327 g/mol. The highest BCUT2D eigenvalue weighted by Gasteiger charge is 2.50. The van der Waals surface area contributed by atoms with Crippen LogP contribution in [0.25, 0.3) is 0 Å². The molecular weight excluding hydrogens is 308 g/mol. The van der Waals surface area contributed by atoms with E-state index in [4.69, 9.17) is 0 Å². The van der Waals surface area contributed by atoms with Gasteiger partial charge in [0.25, 0.3) is 5.91 Å². The molecule has 0 bridgehead atoms. The van der Waals surface area contributed by atoms with Gasteiger partial charge in [-0.25, -0.2) is 0 Å². The van der Waals surface area contributed by atoms with Gasteiger partial charge in [-0.05, 0) is 31.4 Å². The third-order valence-electron chi connectivity index (χ3n) is 4.82. The van der Waals surface area contributed by atoms with Gasteiger partial charge in [0.15, 0.2) is 0 Å². The Morgan fingerprint density at radius 2 is 2.26 bits per heavy atom. The maximum absolute atomic E-state index is 12.9. The van der Waals surface area contributed by atoms with Crippen LogP contribution in [0.1, 0.15) is 36.3 Å². The minimum atomic E-state index is -2.80. The Labute approximate surface area is 132 Å². The van der Waals surface area contributed by atoms with E-state index in [9.17, 15) is 23.5 Å². The van der Waals surface area contributed by atoms with Crippen LogP contribution in [0.4, 0.5) is 8.78 Å². The number of aliphatic hydroxyl groups is 1. The lowest BCUT2D eigenvalue weighted by atomic mass is 9.71. The van der Waals surface area contributed by atoms with Crippen LogP contribution in [0.3, 0.4) is 0 Å². The number of hydrogen-bond donors (Lipinski definition) is 2. The van der Waals surface area contributed by atoms with Crippen LogP contribution in [0, 0.1) is 5.41 Å². The summed E-state index contributed by atoms with van der Waals surface area (Å²) in [6.45, 7) is -1.96. The van der Waals surface area contributed by atoms with Gasteiger partial charge in [0.1, 0.15) is 5.69 Å². The Balaban J connectivity index is 1.85. The zero-order valence-corrected chi connectivity index (χ0v) is 12.5. The first-order valence-electron chi connectivity index (χ1n) is 7.66. The first-order chi connectivity index (χ1) is 11.0.